The quantitative estimate of drug-likeness (QED) is 0.706. The summed E-state index contributed by atoms with van der Waals surface area (Å²) in [6.07, 6.45) is 0.971. The molecule has 1 aliphatic carbocycles. The second kappa shape index (κ2) is 3.16. The number of hydrogen-bond acceptors (Lipinski definition) is 3. The zero-order chi connectivity index (χ0) is 11.1. The molecule has 2 N–H and O–H groups in total. The molecule has 0 atom stereocenters. The molecular weight excluding hydrogens is 200 g/mol. The van der Waals surface area contributed by atoms with E-state index in [1.807, 2.05) is 6.07 Å². The molecule has 0 amide bonds. The smallest absolute Gasteiger partial charge is 0.252 e. The molecule has 0 aromatic carbocycles. The number of halogens is 2. The zero-order valence-electron chi connectivity index (χ0n) is 7.93. The number of anilines is 1. The van der Waals surface area contributed by atoms with Crippen molar-refractivity contribution in [1.29, 1.82) is 5.26 Å². The van der Waals surface area contributed by atoms with E-state index in [9.17, 15) is 8.78 Å². The van der Waals surface area contributed by atoms with Crippen molar-refractivity contribution >= 4 is 5.82 Å². The van der Waals surface area contributed by atoms with Crippen molar-refractivity contribution in [3.8, 4) is 6.07 Å². The Bertz CT molecular complexity index is 449. The van der Waals surface area contributed by atoms with E-state index in [1.54, 1.807) is 0 Å². The van der Waals surface area contributed by atoms with Crippen LogP contribution in [0.5, 0.6) is 0 Å². The first-order valence-electron chi connectivity index (χ1n) is 4.57. The molecule has 1 aliphatic rings. The van der Waals surface area contributed by atoms with Crippen LogP contribution in [0.25, 0.3) is 0 Å². The van der Waals surface area contributed by atoms with Crippen molar-refractivity contribution < 1.29 is 8.78 Å². The van der Waals surface area contributed by atoms with Crippen molar-refractivity contribution in [2.75, 3.05) is 5.73 Å². The minimum Gasteiger partial charge on any atom is -0.383 e. The van der Waals surface area contributed by atoms with Crippen molar-refractivity contribution in [2.45, 2.75) is 25.2 Å². The normalized spacial score (nSPS) is 17.9. The van der Waals surface area contributed by atoms with Gasteiger partial charge >= 0.3 is 0 Å². The average Bonchev–Trinajstić information content (AvgIpc) is 2.17. The third kappa shape index (κ3) is 1.63. The molecule has 0 fully saturated rings. The molecular formula is C10H9F2N3. The Balaban J connectivity index is 2.53. The summed E-state index contributed by atoms with van der Waals surface area (Å²) in [4.78, 5) is 3.75. The number of nitriles is 1. The molecule has 0 spiro atoms. The molecule has 0 saturated heterocycles. The first-order valence-corrected chi connectivity index (χ1v) is 4.57. The number of aromatic nitrogens is 1. The Morgan fingerprint density at radius 3 is 2.93 bits per heavy atom. The number of nitrogens with zero attached hydrogens (tertiary/aromatic N) is 2. The number of fused-ring (bicyclic) bond motifs is 1. The molecule has 0 radical (unpaired) electrons. The van der Waals surface area contributed by atoms with Gasteiger partial charge in [0.2, 0.25) is 0 Å². The minimum absolute atomic E-state index is 0.126. The predicted octanol–water partition coefficient (Wildman–Crippen LogP) is 1.66. The summed E-state index contributed by atoms with van der Waals surface area (Å²) < 4.78 is 26.2. The van der Waals surface area contributed by atoms with Gasteiger partial charge in [0, 0.05) is 19.0 Å². The van der Waals surface area contributed by atoms with E-state index in [2.05, 4.69) is 4.98 Å². The van der Waals surface area contributed by atoms with E-state index in [4.69, 9.17) is 11.0 Å². The Kier molecular flexibility index (Phi) is 2.07. The average molecular weight is 209 g/mol. The molecule has 5 heteroatoms. The van der Waals surface area contributed by atoms with E-state index in [-0.39, 0.29) is 30.6 Å². The van der Waals surface area contributed by atoms with Crippen LogP contribution < -0.4 is 5.73 Å². The summed E-state index contributed by atoms with van der Waals surface area (Å²) in [6, 6.07) is 1.92. The summed E-state index contributed by atoms with van der Waals surface area (Å²) in [5.74, 6) is -2.56. The highest BCUT2D eigenvalue weighted by atomic mass is 19.3. The lowest BCUT2D eigenvalue weighted by molar-refractivity contribution is -0.0123. The summed E-state index contributed by atoms with van der Waals surface area (Å²) in [6.45, 7) is 0. The van der Waals surface area contributed by atoms with E-state index in [0.717, 1.165) is 0 Å². The van der Waals surface area contributed by atoms with Crippen LogP contribution in [0.3, 0.4) is 0 Å². The fourth-order valence-electron chi connectivity index (χ4n) is 1.84. The van der Waals surface area contributed by atoms with Crippen molar-refractivity contribution in [3.05, 3.63) is 22.9 Å². The monoisotopic (exact) mass is 209 g/mol. The third-order valence-corrected chi connectivity index (χ3v) is 2.61. The standard InChI is InChI=1S/C10H9F2N3/c11-10(12)2-1-7-6(3-10)5-15-9(14)8(7)4-13/h5H,1-3H2,(H2,14,15). The SMILES string of the molecule is N#Cc1c(N)ncc2c1CCC(F)(F)C2. The van der Waals surface area contributed by atoms with Gasteiger partial charge in [0.15, 0.2) is 0 Å². The first kappa shape index (κ1) is 9.84. The number of rotatable bonds is 0. The van der Waals surface area contributed by atoms with Crippen molar-refractivity contribution in [1.82, 2.24) is 4.98 Å². The van der Waals surface area contributed by atoms with E-state index < -0.39 is 5.92 Å². The predicted molar refractivity (Wildman–Crippen MR) is 50.3 cm³/mol. The first-order chi connectivity index (χ1) is 7.03. The molecule has 0 aliphatic heterocycles. The molecule has 2 rings (SSSR count). The van der Waals surface area contributed by atoms with Crippen LogP contribution in [0, 0.1) is 11.3 Å². The maximum Gasteiger partial charge on any atom is 0.252 e. The summed E-state index contributed by atoms with van der Waals surface area (Å²) >= 11 is 0. The van der Waals surface area contributed by atoms with Gasteiger partial charge in [-0.3, -0.25) is 0 Å². The fraction of sp³-hybridized carbons (Fsp3) is 0.400. The Labute approximate surface area is 85.5 Å². The number of hydrogen-bond donors (Lipinski definition) is 1. The van der Waals surface area contributed by atoms with Crippen molar-refractivity contribution in [3.63, 3.8) is 0 Å². The molecule has 0 unspecified atom stereocenters. The molecule has 78 valence electrons. The Morgan fingerprint density at radius 2 is 2.27 bits per heavy atom. The maximum absolute atomic E-state index is 13.1. The molecule has 1 aromatic rings. The van der Waals surface area contributed by atoms with Crippen LogP contribution in [-0.2, 0) is 12.8 Å². The molecule has 15 heavy (non-hydrogen) atoms. The lowest BCUT2D eigenvalue weighted by Crippen LogP contribution is -2.27. The molecule has 1 aromatic heterocycles. The molecule has 0 bridgehead atoms. The highest BCUT2D eigenvalue weighted by molar-refractivity contribution is 5.56. The molecule has 1 heterocycles. The lowest BCUT2D eigenvalue weighted by atomic mass is 9.88. The van der Waals surface area contributed by atoms with Crippen molar-refractivity contribution in [2.24, 2.45) is 0 Å². The Hall–Kier alpha value is -1.70. The second-order valence-corrected chi connectivity index (χ2v) is 3.67. The zero-order valence-corrected chi connectivity index (χ0v) is 7.93. The van der Waals surface area contributed by atoms with Crippen LogP contribution in [0.2, 0.25) is 0 Å². The number of alkyl halides is 2. The third-order valence-electron chi connectivity index (χ3n) is 2.61. The highest BCUT2D eigenvalue weighted by Gasteiger charge is 2.35. The van der Waals surface area contributed by atoms with Crippen LogP contribution in [-0.4, -0.2) is 10.9 Å². The summed E-state index contributed by atoms with van der Waals surface area (Å²) in [5.41, 5.74) is 6.83. The number of nitrogens with two attached hydrogens (primary N) is 1. The van der Waals surface area contributed by atoms with Crippen LogP contribution in [0.4, 0.5) is 14.6 Å². The van der Waals surface area contributed by atoms with Crippen LogP contribution in [0.15, 0.2) is 6.20 Å². The van der Waals surface area contributed by atoms with Gasteiger partial charge in [-0.2, -0.15) is 5.26 Å². The van der Waals surface area contributed by atoms with E-state index >= 15 is 0 Å². The molecule has 3 nitrogen and oxygen atoms in total. The minimum atomic E-state index is -2.68. The summed E-state index contributed by atoms with van der Waals surface area (Å²) in [5, 5.41) is 8.85. The van der Waals surface area contributed by atoms with Gasteiger partial charge in [-0.15, -0.1) is 0 Å². The summed E-state index contributed by atoms with van der Waals surface area (Å²) in [7, 11) is 0. The maximum atomic E-state index is 13.1. The highest BCUT2D eigenvalue weighted by Crippen LogP contribution is 2.34. The second-order valence-electron chi connectivity index (χ2n) is 3.67. The number of nitrogen functional groups attached to an aromatic ring is 1. The molecule has 0 saturated carbocycles. The van der Waals surface area contributed by atoms with Gasteiger partial charge in [0.1, 0.15) is 11.9 Å². The lowest BCUT2D eigenvalue weighted by Gasteiger charge is -2.24. The van der Waals surface area contributed by atoms with Gasteiger partial charge in [-0.1, -0.05) is 0 Å². The van der Waals surface area contributed by atoms with E-state index in [1.165, 1.54) is 6.20 Å². The van der Waals surface area contributed by atoms with Gasteiger partial charge in [0.05, 0.1) is 5.56 Å². The van der Waals surface area contributed by atoms with Gasteiger partial charge in [0.25, 0.3) is 5.92 Å². The largest absolute Gasteiger partial charge is 0.383 e. The topological polar surface area (TPSA) is 62.7 Å². The van der Waals surface area contributed by atoms with Gasteiger partial charge < -0.3 is 5.73 Å². The van der Waals surface area contributed by atoms with Gasteiger partial charge in [-0.25, -0.2) is 13.8 Å². The fourth-order valence-corrected chi connectivity index (χ4v) is 1.84. The van der Waals surface area contributed by atoms with Gasteiger partial charge in [-0.05, 0) is 17.5 Å². The Morgan fingerprint density at radius 1 is 1.53 bits per heavy atom. The van der Waals surface area contributed by atoms with E-state index in [0.29, 0.717) is 11.1 Å². The van der Waals surface area contributed by atoms with Crippen LogP contribution in [0.1, 0.15) is 23.1 Å². The van der Waals surface area contributed by atoms with Crippen LogP contribution >= 0.6 is 0 Å². The number of pyridine rings is 1.